The number of aromatic nitrogens is 3. The van der Waals surface area contributed by atoms with Crippen molar-refractivity contribution in [1.29, 1.82) is 0 Å². The summed E-state index contributed by atoms with van der Waals surface area (Å²) in [5, 5.41) is 4.13. The molecule has 1 aromatic rings. The summed E-state index contributed by atoms with van der Waals surface area (Å²) in [5.74, 6) is 0. The first-order valence-electron chi connectivity index (χ1n) is 6.86. The third kappa shape index (κ3) is 3.67. The van der Waals surface area contributed by atoms with Gasteiger partial charge in [0.25, 0.3) is 0 Å². The predicted molar refractivity (Wildman–Crippen MR) is 71.0 cm³/mol. The topological polar surface area (TPSA) is 58.3 Å². The normalized spacial score (nSPS) is 20.7. The molecule has 0 bridgehead atoms. The fourth-order valence-electron chi connectivity index (χ4n) is 2.07. The van der Waals surface area contributed by atoms with Crippen LogP contribution in [0.15, 0.2) is 11.1 Å². The molecule has 1 atom stereocenters. The highest BCUT2D eigenvalue weighted by atomic mass is 16.7. The number of nitrogens with zero attached hydrogens (tertiary/aromatic N) is 3. The van der Waals surface area contributed by atoms with Crippen LogP contribution in [0.3, 0.4) is 0 Å². The van der Waals surface area contributed by atoms with Crippen molar-refractivity contribution in [2.24, 2.45) is 0 Å². The Morgan fingerprint density at radius 3 is 2.84 bits per heavy atom. The minimum atomic E-state index is -0.296. The lowest BCUT2D eigenvalue weighted by atomic mass is 10.1. The van der Waals surface area contributed by atoms with Gasteiger partial charge in [0, 0.05) is 6.61 Å². The van der Waals surface area contributed by atoms with Crippen molar-refractivity contribution in [1.82, 2.24) is 14.3 Å². The zero-order valence-corrected chi connectivity index (χ0v) is 12.0. The minimum absolute atomic E-state index is 0.0966. The van der Waals surface area contributed by atoms with Crippen LogP contribution < -0.4 is 5.69 Å². The van der Waals surface area contributed by atoms with Gasteiger partial charge in [0.1, 0.15) is 6.33 Å². The first kappa shape index (κ1) is 14.3. The van der Waals surface area contributed by atoms with Gasteiger partial charge in [-0.1, -0.05) is 0 Å². The van der Waals surface area contributed by atoms with E-state index >= 15 is 0 Å². The van der Waals surface area contributed by atoms with Crippen LogP contribution in [-0.2, 0) is 21.6 Å². The highest BCUT2D eigenvalue weighted by molar-refractivity contribution is 4.77. The molecule has 1 aromatic heterocycles. The summed E-state index contributed by atoms with van der Waals surface area (Å²) in [6, 6.07) is 0. The Kier molecular flexibility index (Phi) is 4.42. The van der Waals surface area contributed by atoms with Crippen LogP contribution >= 0.6 is 0 Å². The minimum Gasteiger partial charge on any atom is -0.353 e. The third-order valence-electron chi connectivity index (χ3n) is 3.14. The van der Waals surface area contributed by atoms with Gasteiger partial charge in [-0.15, -0.1) is 0 Å². The molecule has 1 aliphatic heterocycles. The van der Waals surface area contributed by atoms with E-state index in [1.54, 1.807) is 10.9 Å². The first-order valence-corrected chi connectivity index (χ1v) is 6.86. The highest BCUT2D eigenvalue weighted by Gasteiger charge is 2.19. The Hall–Kier alpha value is -1.14. The Balaban J connectivity index is 1.86. The van der Waals surface area contributed by atoms with Crippen molar-refractivity contribution < 1.29 is 9.47 Å². The molecule has 2 heterocycles. The van der Waals surface area contributed by atoms with Crippen molar-refractivity contribution in [3.63, 3.8) is 0 Å². The van der Waals surface area contributed by atoms with E-state index in [-0.39, 0.29) is 17.5 Å². The van der Waals surface area contributed by atoms with Crippen molar-refractivity contribution in [3.05, 3.63) is 16.8 Å². The Bertz CT molecular complexity index is 452. The van der Waals surface area contributed by atoms with Gasteiger partial charge in [-0.05, 0) is 40.0 Å². The molecule has 0 aliphatic carbocycles. The lowest BCUT2D eigenvalue weighted by Crippen LogP contribution is -2.36. The van der Waals surface area contributed by atoms with Crippen LogP contribution in [0.2, 0.25) is 0 Å². The number of hydrogen-bond acceptors (Lipinski definition) is 4. The SMILES string of the molecule is CC(C)(C)n1ncn(CCOC2CCCCO2)c1=O. The van der Waals surface area contributed by atoms with Crippen molar-refractivity contribution in [2.75, 3.05) is 13.2 Å². The van der Waals surface area contributed by atoms with Crippen LogP contribution in [0.4, 0.5) is 0 Å². The molecule has 1 aliphatic rings. The van der Waals surface area contributed by atoms with Gasteiger partial charge in [-0.2, -0.15) is 5.10 Å². The summed E-state index contributed by atoms with van der Waals surface area (Å²) in [5.41, 5.74) is -0.393. The molecule has 108 valence electrons. The molecule has 0 amide bonds. The summed E-state index contributed by atoms with van der Waals surface area (Å²) in [4.78, 5) is 12.1. The van der Waals surface area contributed by atoms with E-state index in [2.05, 4.69) is 5.10 Å². The summed E-state index contributed by atoms with van der Waals surface area (Å²) < 4.78 is 14.2. The molecule has 0 spiro atoms. The van der Waals surface area contributed by atoms with Crippen LogP contribution in [0, 0.1) is 0 Å². The van der Waals surface area contributed by atoms with Crippen LogP contribution in [-0.4, -0.2) is 33.9 Å². The number of rotatable bonds is 4. The smallest absolute Gasteiger partial charge is 0.346 e. The molecular weight excluding hydrogens is 246 g/mol. The van der Waals surface area contributed by atoms with Gasteiger partial charge < -0.3 is 9.47 Å². The lowest BCUT2D eigenvalue weighted by Gasteiger charge is -2.22. The largest absolute Gasteiger partial charge is 0.353 e. The second-order valence-corrected chi connectivity index (χ2v) is 5.86. The second-order valence-electron chi connectivity index (χ2n) is 5.86. The molecule has 1 unspecified atom stereocenters. The van der Waals surface area contributed by atoms with E-state index in [0.717, 1.165) is 25.9 Å². The average Bonchev–Trinajstić information content (AvgIpc) is 2.72. The summed E-state index contributed by atoms with van der Waals surface area (Å²) in [6.07, 6.45) is 4.65. The van der Waals surface area contributed by atoms with Gasteiger partial charge >= 0.3 is 5.69 Å². The standard InChI is InChI=1S/C13H23N3O3/c1-13(2,3)16-12(17)15(10-14-16)7-9-19-11-6-4-5-8-18-11/h10-11H,4-9H2,1-3H3. The van der Waals surface area contributed by atoms with Gasteiger partial charge in [0.15, 0.2) is 6.29 Å². The summed E-state index contributed by atoms with van der Waals surface area (Å²) in [6.45, 7) is 7.62. The van der Waals surface area contributed by atoms with Crippen LogP contribution in [0.1, 0.15) is 40.0 Å². The highest BCUT2D eigenvalue weighted by Crippen LogP contribution is 2.13. The quantitative estimate of drug-likeness (QED) is 0.827. The molecule has 6 nitrogen and oxygen atoms in total. The van der Waals surface area contributed by atoms with E-state index in [1.807, 2.05) is 20.8 Å². The molecule has 0 radical (unpaired) electrons. The monoisotopic (exact) mass is 269 g/mol. The fraction of sp³-hybridized carbons (Fsp3) is 0.846. The molecule has 1 saturated heterocycles. The molecule has 0 N–H and O–H groups in total. The number of ether oxygens (including phenoxy) is 2. The van der Waals surface area contributed by atoms with E-state index in [1.165, 1.54) is 4.68 Å². The van der Waals surface area contributed by atoms with Gasteiger partial charge in [0.05, 0.1) is 18.7 Å². The molecule has 0 saturated carbocycles. The lowest BCUT2D eigenvalue weighted by molar-refractivity contribution is -0.163. The van der Waals surface area contributed by atoms with Gasteiger partial charge in [0.2, 0.25) is 0 Å². The molecule has 2 rings (SSSR count). The number of hydrogen-bond donors (Lipinski definition) is 0. The Labute approximate surface area is 113 Å². The van der Waals surface area contributed by atoms with E-state index < -0.39 is 0 Å². The molecular formula is C13H23N3O3. The van der Waals surface area contributed by atoms with Crippen LogP contribution in [0.5, 0.6) is 0 Å². The maximum atomic E-state index is 12.1. The summed E-state index contributed by atoms with van der Waals surface area (Å²) in [7, 11) is 0. The summed E-state index contributed by atoms with van der Waals surface area (Å²) >= 11 is 0. The van der Waals surface area contributed by atoms with Crippen molar-refractivity contribution >= 4 is 0 Å². The predicted octanol–water partition coefficient (Wildman–Crippen LogP) is 1.34. The molecule has 1 fully saturated rings. The molecule has 0 aromatic carbocycles. The second kappa shape index (κ2) is 5.88. The van der Waals surface area contributed by atoms with Crippen LogP contribution in [0.25, 0.3) is 0 Å². The fourth-order valence-corrected chi connectivity index (χ4v) is 2.07. The van der Waals surface area contributed by atoms with Crippen molar-refractivity contribution in [2.45, 2.75) is 58.4 Å². The zero-order chi connectivity index (χ0) is 13.9. The Morgan fingerprint density at radius 1 is 1.47 bits per heavy atom. The van der Waals surface area contributed by atoms with Gasteiger partial charge in [-0.3, -0.25) is 4.57 Å². The first-order chi connectivity index (χ1) is 8.98. The maximum Gasteiger partial charge on any atom is 0.346 e. The van der Waals surface area contributed by atoms with E-state index in [4.69, 9.17) is 9.47 Å². The third-order valence-corrected chi connectivity index (χ3v) is 3.14. The molecule has 6 heteroatoms. The zero-order valence-electron chi connectivity index (χ0n) is 12.0. The maximum absolute atomic E-state index is 12.1. The Morgan fingerprint density at radius 2 is 2.26 bits per heavy atom. The average molecular weight is 269 g/mol. The van der Waals surface area contributed by atoms with E-state index in [0.29, 0.717) is 13.2 Å². The van der Waals surface area contributed by atoms with E-state index in [9.17, 15) is 4.79 Å². The van der Waals surface area contributed by atoms with Crippen molar-refractivity contribution in [3.8, 4) is 0 Å². The molecule has 19 heavy (non-hydrogen) atoms. The van der Waals surface area contributed by atoms with Gasteiger partial charge in [-0.25, -0.2) is 9.48 Å².